The smallest absolute Gasteiger partial charge is 0.134 e. The van der Waals surface area contributed by atoms with Gasteiger partial charge in [0.2, 0.25) is 0 Å². The van der Waals surface area contributed by atoms with E-state index in [-0.39, 0.29) is 5.92 Å². The molecule has 0 aromatic heterocycles. The normalized spacial score (nSPS) is 22.6. The number of carbonyl (C=O) groups is 1. The second kappa shape index (κ2) is 5.82. The van der Waals surface area contributed by atoms with Crippen molar-refractivity contribution in [2.45, 2.75) is 33.1 Å². The lowest BCUT2D eigenvalue weighted by atomic mass is 9.94. The summed E-state index contributed by atoms with van der Waals surface area (Å²) in [4.78, 5) is 13.6. The summed E-state index contributed by atoms with van der Waals surface area (Å²) < 4.78 is 0. The summed E-state index contributed by atoms with van der Waals surface area (Å²) in [5.74, 6) is 6.58. The van der Waals surface area contributed by atoms with E-state index in [1.54, 1.807) is 6.92 Å². The lowest BCUT2D eigenvalue weighted by Gasteiger charge is -2.30. The van der Waals surface area contributed by atoms with E-state index < -0.39 is 0 Å². The van der Waals surface area contributed by atoms with Crippen molar-refractivity contribution in [2.24, 2.45) is 5.92 Å². The molecule has 0 aromatic carbocycles. The zero-order valence-electron chi connectivity index (χ0n) is 9.18. The van der Waals surface area contributed by atoms with Gasteiger partial charge in [0.1, 0.15) is 5.78 Å². The largest absolute Gasteiger partial charge is 0.302 e. The van der Waals surface area contributed by atoms with Gasteiger partial charge in [-0.05, 0) is 33.2 Å². The van der Waals surface area contributed by atoms with Gasteiger partial charge >= 0.3 is 0 Å². The zero-order valence-corrected chi connectivity index (χ0v) is 9.18. The van der Waals surface area contributed by atoms with Crippen LogP contribution in [0.15, 0.2) is 0 Å². The highest BCUT2D eigenvalue weighted by Crippen LogP contribution is 2.16. The number of ketones is 1. The molecule has 0 aromatic rings. The standard InChI is InChI=1S/C12H19NO/c1-3-4-5-8-13-9-6-7-12(10-13)11(2)14/h12H,5-10H2,1-2H3. The summed E-state index contributed by atoms with van der Waals surface area (Å²) in [7, 11) is 0. The van der Waals surface area contributed by atoms with Gasteiger partial charge in [0.15, 0.2) is 0 Å². The Morgan fingerprint density at radius 3 is 3.00 bits per heavy atom. The molecule has 1 unspecified atom stereocenters. The van der Waals surface area contributed by atoms with Crippen LogP contribution < -0.4 is 0 Å². The highest BCUT2D eigenvalue weighted by atomic mass is 16.1. The number of rotatable bonds is 3. The Morgan fingerprint density at radius 2 is 2.36 bits per heavy atom. The van der Waals surface area contributed by atoms with Crippen LogP contribution in [0.2, 0.25) is 0 Å². The molecule has 0 aliphatic carbocycles. The van der Waals surface area contributed by atoms with Gasteiger partial charge in [0.05, 0.1) is 0 Å². The van der Waals surface area contributed by atoms with Gasteiger partial charge in [0.25, 0.3) is 0 Å². The van der Waals surface area contributed by atoms with Crippen molar-refractivity contribution in [3.8, 4) is 11.8 Å². The van der Waals surface area contributed by atoms with Gasteiger partial charge in [0, 0.05) is 25.4 Å². The van der Waals surface area contributed by atoms with Crippen molar-refractivity contribution in [1.29, 1.82) is 0 Å². The summed E-state index contributed by atoms with van der Waals surface area (Å²) in [5, 5.41) is 0. The number of likely N-dealkylation sites (tertiary alicyclic amines) is 1. The van der Waals surface area contributed by atoms with E-state index in [2.05, 4.69) is 16.7 Å². The maximum Gasteiger partial charge on any atom is 0.134 e. The van der Waals surface area contributed by atoms with Crippen LogP contribution in [0.25, 0.3) is 0 Å². The fourth-order valence-electron chi connectivity index (χ4n) is 1.93. The third-order valence-electron chi connectivity index (χ3n) is 2.81. The van der Waals surface area contributed by atoms with Crippen LogP contribution in [0, 0.1) is 17.8 Å². The van der Waals surface area contributed by atoms with Crippen LogP contribution in [-0.2, 0) is 4.79 Å². The molecule has 0 radical (unpaired) electrons. The lowest BCUT2D eigenvalue weighted by Crippen LogP contribution is -2.38. The average molecular weight is 193 g/mol. The molecule has 2 heteroatoms. The molecule has 1 aliphatic heterocycles. The summed E-state index contributed by atoms with van der Waals surface area (Å²) in [6, 6.07) is 0. The third-order valence-corrected chi connectivity index (χ3v) is 2.81. The Kier molecular flexibility index (Phi) is 4.69. The number of hydrogen-bond donors (Lipinski definition) is 0. The van der Waals surface area contributed by atoms with E-state index in [9.17, 15) is 4.79 Å². The summed E-state index contributed by atoms with van der Waals surface area (Å²) in [6.45, 7) is 6.68. The maximum atomic E-state index is 11.2. The van der Waals surface area contributed by atoms with Crippen LogP contribution in [-0.4, -0.2) is 30.3 Å². The number of hydrogen-bond acceptors (Lipinski definition) is 2. The third kappa shape index (κ3) is 3.51. The molecule has 0 amide bonds. The molecule has 1 atom stereocenters. The molecule has 1 rings (SSSR count). The number of nitrogens with zero attached hydrogens (tertiary/aromatic N) is 1. The molecule has 14 heavy (non-hydrogen) atoms. The minimum absolute atomic E-state index is 0.276. The molecule has 1 saturated heterocycles. The van der Waals surface area contributed by atoms with E-state index in [1.165, 1.54) is 0 Å². The molecule has 1 fully saturated rings. The zero-order chi connectivity index (χ0) is 10.4. The van der Waals surface area contributed by atoms with Crippen molar-refractivity contribution in [3.05, 3.63) is 0 Å². The molecular formula is C12H19NO. The Balaban J connectivity index is 2.31. The number of piperidine rings is 1. The van der Waals surface area contributed by atoms with Crippen molar-refractivity contribution >= 4 is 5.78 Å². The molecular weight excluding hydrogens is 174 g/mol. The van der Waals surface area contributed by atoms with Crippen LogP contribution >= 0.6 is 0 Å². The predicted octanol–water partition coefficient (Wildman–Crippen LogP) is 1.70. The van der Waals surface area contributed by atoms with Crippen LogP contribution in [0.3, 0.4) is 0 Å². The van der Waals surface area contributed by atoms with Crippen molar-refractivity contribution in [1.82, 2.24) is 4.90 Å². The second-order valence-electron chi connectivity index (χ2n) is 3.93. The monoisotopic (exact) mass is 193 g/mol. The Bertz CT molecular complexity index is 249. The van der Waals surface area contributed by atoms with Crippen molar-refractivity contribution in [3.63, 3.8) is 0 Å². The second-order valence-corrected chi connectivity index (χ2v) is 3.93. The fraction of sp³-hybridized carbons (Fsp3) is 0.750. The Hall–Kier alpha value is -0.810. The molecule has 1 aliphatic rings. The van der Waals surface area contributed by atoms with Gasteiger partial charge in [-0.3, -0.25) is 4.79 Å². The van der Waals surface area contributed by atoms with E-state index in [4.69, 9.17) is 0 Å². The van der Waals surface area contributed by atoms with E-state index in [0.717, 1.165) is 38.9 Å². The highest BCUT2D eigenvalue weighted by Gasteiger charge is 2.22. The molecule has 78 valence electrons. The summed E-state index contributed by atoms with van der Waals surface area (Å²) in [5.41, 5.74) is 0. The van der Waals surface area contributed by atoms with Gasteiger partial charge < -0.3 is 4.90 Å². The van der Waals surface area contributed by atoms with E-state index >= 15 is 0 Å². The first kappa shape index (κ1) is 11.3. The SMILES string of the molecule is CC#CCCN1CCCC(C(C)=O)C1. The highest BCUT2D eigenvalue weighted by molar-refractivity contribution is 5.78. The Morgan fingerprint density at radius 1 is 1.57 bits per heavy atom. The van der Waals surface area contributed by atoms with Crippen molar-refractivity contribution < 1.29 is 4.79 Å². The summed E-state index contributed by atoms with van der Waals surface area (Å²) >= 11 is 0. The minimum Gasteiger partial charge on any atom is -0.302 e. The first-order chi connectivity index (χ1) is 6.74. The number of carbonyl (C=O) groups excluding carboxylic acids is 1. The first-order valence-electron chi connectivity index (χ1n) is 5.36. The molecule has 0 N–H and O–H groups in total. The van der Waals surface area contributed by atoms with Gasteiger partial charge in [-0.25, -0.2) is 0 Å². The van der Waals surface area contributed by atoms with E-state index in [0.29, 0.717) is 5.78 Å². The fourth-order valence-corrected chi connectivity index (χ4v) is 1.93. The van der Waals surface area contributed by atoms with Gasteiger partial charge in [-0.2, -0.15) is 0 Å². The van der Waals surface area contributed by atoms with Gasteiger partial charge in [-0.1, -0.05) is 0 Å². The van der Waals surface area contributed by atoms with Crippen molar-refractivity contribution in [2.75, 3.05) is 19.6 Å². The summed E-state index contributed by atoms with van der Waals surface area (Å²) in [6.07, 6.45) is 3.16. The minimum atomic E-state index is 0.276. The molecule has 0 saturated carbocycles. The Labute approximate surface area is 86.7 Å². The molecule has 0 bridgehead atoms. The molecule has 0 spiro atoms. The van der Waals surface area contributed by atoms with E-state index in [1.807, 2.05) is 6.92 Å². The average Bonchev–Trinajstić information content (AvgIpc) is 2.19. The molecule has 2 nitrogen and oxygen atoms in total. The topological polar surface area (TPSA) is 20.3 Å². The first-order valence-corrected chi connectivity index (χ1v) is 5.36. The predicted molar refractivity (Wildman–Crippen MR) is 57.9 cm³/mol. The van der Waals surface area contributed by atoms with Crippen LogP contribution in [0.5, 0.6) is 0 Å². The lowest BCUT2D eigenvalue weighted by molar-refractivity contribution is -0.122. The van der Waals surface area contributed by atoms with Crippen LogP contribution in [0.1, 0.15) is 33.1 Å². The van der Waals surface area contributed by atoms with Crippen LogP contribution in [0.4, 0.5) is 0 Å². The number of Topliss-reactive ketones (excluding diaryl/α,β-unsaturated/α-hetero) is 1. The quantitative estimate of drug-likeness (QED) is 0.636. The maximum absolute atomic E-state index is 11.2. The molecule has 1 heterocycles. The van der Waals surface area contributed by atoms with Gasteiger partial charge in [-0.15, -0.1) is 11.8 Å².